The van der Waals surface area contributed by atoms with Crippen LogP contribution in [0.5, 0.6) is 17.2 Å². The van der Waals surface area contributed by atoms with E-state index in [4.69, 9.17) is 9.47 Å². The molecule has 0 aliphatic rings. The van der Waals surface area contributed by atoms with Crippen molar-refractivity contribution in [2.24, 2.45) is 0 Å². The number of alkyl halides is 2. The quantitative estimate of drug-likeness (QED) is 0.424. The summed E-state index contributed by atoms with van der Waals surface area (Å²) in [4.78, 5) is 14.1. The maximum Gasteiger partial charge on any atom is 0.387 e. The number of ether oxygens (including phenoxy) is 3. The molecule has 170 valence electrons. The van der Waals surface area contributed by atoms with Crippen LogP contribution in [0.2, 0.25) is 0 Å². The molecule has 0 fully saturated rings. The number of benzene rings is 2. The summed E-state index contributed by atoms with van der Waals surface area (Å²) < 4.78 is 41.7. The third kappa shape index (κ3) is 5.88. The number of carbonyl (C=O) groups excluding carboxylic acids is 1. The summed E-state index contributed by atoms with van der Waals surface area (Å²) in [6.07, 6.45) is 1.57. The molecule has 3 aromatic rings. The fraction of sp³-hybridized carbons (Fsp3) is 0.286. The van der Waals surface area contributed by atoms with Gasteiger partial charge in [0.2, 0.25) is 5.91 Å². The van der Waals surface area contributed by atoms with Crippen LogP contribution < -0.4 is 14.2 Å². The van der Waals surface area contributed by atoms with Crippen LogP contribution in [0.15, 0.2) is 53.9 Å². The molecule has 0 bridgehead atoms. The summed E-state index contributed by atoms with van der Waals surface area (Å²) in [6.45, 7) is -2.76. The molecule has 0 aliphatic heterocycles. The highest BCUT2D eigenvalue weighted by Crippen LogP contribution is 2.30. The van der Waals surface area contributed by atoms with Gasteiger partial charge < -0.3 is 19.1 Å². The summed E-state index contributed by atoms with van der Waals surface area (Å²) in [5.41, 5.74) is 1.47. The molecule has 1 heterocycles. The lowest BCUT2D eigenvalue weighted by Crippen LogP contribution is -2.28. The number of hydrogen-bond acceptors (Lipinski definition) is 7. The van der Waals surface area contributed by atoms with Crippen LogP contribution in [0.1, 0.15) is 5.56 Å². The molecule has 8 nitrogen and oxygen atoms in total. The summed E-state index contributed by atoms with van der Waals surface area (Å²) in [7, 11) is 4.59. The lowest BCUT2D eigenvalue weighted by molar-refractivity contribution is -0.127. The van der Waals surface area contributed by atoms with Crippen LogP contribution in [0, 0.1) is 0 Å². The molecule has 1 aromatic heterocycles. The minimum atomic E-state index is -2.97. The Morgan fingerprint density at radius 3 is 2.53 bits per heavy atom. The smallest absolute Gasteiger partial charge is 0.387 e. The number of aromatic nitrogens is 3. The maximum absolute atomic E-state index is 12.6. The van der Waals surface area contributed by atoms with Crippen LogP contribution in [0.25, 0.3) is 5.69 Å². The molecule has 32 heavy (non-hydrogen) atoms. The van der Waals surface area contributed by atoms with Crippen LogP contribution in [-0.4, -0.2) is 59.2 Å². The van der Waals surface area contributed by atoms with Crippen molar-refractivity contribution < 1.29 is 27.8 Å². The van der Waals surface area contributed by atoms with Gasteiger partial charge in [-0.3, -0.25) is 9.36 Å². The first-order valence-electron chi connectivity index (χ1n) is 9.44. The number of methoxy groups -OCH3 is 2. The molecule has 0 aliphatic carbocycles. The van der Waals surface area contributed by atoms with Crippen molar-refractivity contribution in [3.05, 3.63) is 54.4 Å². The van der Waals surface area contributed by atoms with Gasteiger partial charge in [0, 0.05) is 19.3 Å². The summed E-state index contributed by atoms with van der Waals surface area (Å²) in [5, 5.41) is 8.58. The zero-order chi connectivity index (χ0) is 23.1. The van der Waals surface area contributed by atoms with Gasteiger partial charge in [-0.1, -0.05) is 17.8 Å². The highest BCUT2D eigenvalue weighted by atomic mass is 32.2. The van der Waals surface area contributed by atoms with E-state index in [1.165, 1.54) is 35.9 Å². The van der Waals surface area contributed by atoms with Crippen molar-refractivity contribution >= 4 is 17.7 Å². The van der Waals surface area contributed by atoms with Gasteiger partial charge in [-0.15, -0.1) is 10.2 Å². The number of thioether (sulfide) groups is 1. The molecule has 0 radical (unpaired) electrons. The molecule has 0 saturated carbocycles. The molecule has 1 amide bonds. The van der Waals surface area contributed by atoms with Gasteiger partial charge >= 0.3 is 6.61 Å². The van der Waals surface area contributed by atoms with Gasteiger partial charge in [-0.05, 0) is 42.0 Å². The molecule has 0 saturated heterocycles. The number of rotatable bonds is 10. The molecular formula is C21H22F2N4O4S. The van der Waals surface area contributed by atoms with Crippen molar-refractivity contribution in [3.8, 4) is 22.9 Å². The molecule has 0 N–H and O–H groups in total. The van der Waals surface area contributed by atoms with Crippen LogP contribution in [0.4, 0.5) is 8.78 Å². The van der Waals surface area contributed by atoms with E-state index >= 15 is 0 Å². The number of amides is 1. The third-order valence-corrected chi connectivity index (χ3v) is 5.41. The number of halogens is 2. The molecule has 0 atom stereocenters. The van der Waals surface area contributed by atoms with E-state index in [1.54, 1.807) is 31.1 Å². The van der Waals surface area contributed by atoms with Crippen molar-refractivity contribution in [1.82, 2.24) is 19.7 Å². The lowest BCUT2D eigenvalue weighted by atomic mass is 10.2. The first-order chi connectivity index (χ1) is 15.4. The van der Waals surface area contributed by atoms with Gasteiger partial charge in [0.15, 0.2) is 16.7 Å². The molecular weight excluding hydrogens is 442 g/mol. The van der Waals surface area contributed by atoms with Crippen molar-refractivity contribution in [2.75, 3.05) is 27.0 Å². The summed E-state index contributed by atoms with van der Waals surface area (Å²) in [6, 6.07) is 12.0. The average Bonchev–Trinajstić information content (AvgIpc) is 3.26. The molecule has 2 aromatic carbocycles. The average molecular weight is 464 g/mol. The fourth-order valence-corrected chi connectivity index (χ4v) is 3.72. The van der Waals surface area contributed by atoms with Crippen molar-refractivity contribution in [1.29, 1.82) is 0 Å². The summed E-state index contributed by atoms with van der Waals surface area (Å²) in [5.74, 6) is 0.807. The number of hydrogen-bond donors (Lipinski definition) is 0. The Morgan fingerprint density at radius 2 is 1.88 bits per heavy atom. The minimum Gasteiger partial charge on any atom is -0.497 e. The van der Waals surface area contributed by atoms with E-state index in [-0.39, 0.29) is 29.7 Å². The first kappa shape index (κ1) is 23.3. The topological polar surface area (TPSA) is 78.7 Å². The second-order valence-electron chi connectivity index (χ2n) is 6.58. The predicted octanol–water partition coefficient (Wildman–Crippen LogP) is 3.64. The fourth-order valence-electron chi connectivity index (χ4n) is 2.85. The van der Waals surface area contributed by atoms with Gasteiger partial charge in [0.1, 0.15) is 12.1 Å². The second kappa shape index (κ2) is 10.8. The molecule has 0 unspecified atom stereocenters. The molecule has 11 heteroatoms. The zero-order valence-electron chi connectivity index (χ0n) is 17.7. The Bertz CT molecular complexity index is 1050. The van der Waals surface area contributed by atoms with Crippen LogP contribution in [0.3, 0.4) is 0 Å². The van der Waals surface area contributed by atoms with E-state index in [9.17, 15) is 13.6 Å². The Balaban J connectivity index is 1.62. The SMILES string of the molecule is COc1ccc(-n2cnnc2SCC(=O)N(C)Cc2ccc(OC)c(OC(F)F)c2)cc1. The lowest BCUT2D eigenvalue weighted by Gasteiger charge is -2.18. The standard InChI is InChI=1S/C21H22F2N4O4S/c1-26(11-14-4-9-17(30-3)18(10-14)31-20(22)23)19(28)12-32-21-25-24-13-27(21)15-5-7-16(29-2)8-6-15/h4-10,13,20H,11-12H2,1-3H3. The Kier molecular flexibility index (Phi) is 7.87. The van der Waals surface area contributed by atoms with Crippen molar-refractivity contribution in [2.45, 2.75) is 18.3 Å². The monoisotopic (exact) mass is 464 g/mol. The van der Waals surface area contributed by atoms with Gasteiger partial charge in [-0.25, -0.2) is 0 Å². The van der Waals surface area contributed by atoms with Crippen molar-refractivity contribution in [3.63, 3.8) is 0 Å². The largest absolute Gasteiger partial charge is 0.497 e. The first-order valence-corrected chi connectivity index (χ1v) is 10.4. The Labute approximate surface area is 188 Å². The third-order valence-electron chi connectivity index (χ3n) is 4.48. The summed E-state index contributed by atoms with van der Waals surface area (Å²) >= 11 is 1.25. The zero-order valence-corrected chi connectivity index (χ0v) is 18.5. The van der Waals surface area contributed by atoms with E-state index < -0.39 is 6.61 Å². The van der Waals surface area contributed by atoms with Gasteiger partial charge in [0.05, 0.1) is 20.0 Å². The van der Waals surface area contributed by atoms with Gasteiger partial charge in [0.25, 0.3) is 0 Å². The minimum absolute atomic E-state index is 0.0807. The Hall–Kier alpha value is -3.34. The normalized spacial score (nSPS) is 10.8. The van der Waals surface area contributed by atoms with E-state index in [0.717, 1.165) is 11.4 Å². The number of nitrogens with zero attached hydrogens (tertiary/aromatic N) is 4. The molecule has 0 spiro atoms. The molecule has 3 rings (SSSR count). The highest BCUT2D eigenvalue weighted by Gasteiger charge is 2.16. The Morgan fingerprint density at radius 1 is 1.12 bits per heavy atom. The predicted molar refractivity (Wildman–Crippen MR) is 115 cm³/mol. The van der Waals surface area contributed by atoms with Crippen LogP contribution >= 0.6 is 11.8 Å². The number of carbonyl (C=O) groups is 1. The maximum atomic E-state index is 12.6. The van der Waals surface area contributed by atoms with Crippen LogP contribution in [-0.2, 0) is 11.3 Å². The second-order valence-corrected chi connectivity index (χ2v) is 7.53. The van der Waals surface area contributed by atoms with Gasteiger partial charge in [-0.2, -0.15) is 8.78 Å². The van der Waals surface area contributed by atoms with E-state index in [2.05, 4.69) is 14.9 Å². The highest BCUT2D eigenvalue weighted by molar-refractivity contribution is 7.99. The van der Waals surface area contributed by atoms with E-state index in [1.807, 2.05) is 24.3 Å². The van der Waals surface area contributed by atoms with E-state index in [0.29, 0.717) is 10.7 Å².